The Bertz CT molecular complexity index is 366. The molecule has 2 heteroatoms. The van der Waals surface area contributed by atoms with E-state index in [1.165, 1.54) is 11.1 Å². The first kappa shape index (κ1) is 14.0. The summed E-state index contributed by atoms with van der Waals surface area (Å²) in [6.07, 6.45) is 0. The van der Waals surface area contributed by atoms with Crippen molar-refractivity contribution in [1.82, 2.24) is 5.32 Å². The maximum atomic E-state index is 5.45. The van der Waals surface area contributed by atoms with Gasteiger partial charge in [-0.05, 0) is 35.6 Å². The van der Waals surface area contributed by atoms with E-state index in [1.54, 1.807) is 7.11 Å². The summed E-state index contributed by atoms with van der Waals surface area (Å²) in [6.45, 7) is 9.90. The van der Waals surface area contributed by atoms with Crippen LogP contribution in [0.3, 0.4) is 0 Å². The van der Waals surface area contributed by atoms with Gasteiger partial charge in [-0.15, -0.1) is 0 Å². The fourth-order valence-corrected chi connectivity index (χ4v) is 2.00. The largest absolute Gasteiger partial charge is 0.496 e. The molecule has 0 radical (unpaired) electrons. The van der Waals surface area contributed by atoms with Gasteiger partial charge in [0.25, 0.3) is 0 Å². The van der Waals surface area contributed by atoms with E-state index >= 15 is 0 Å². The zero-order valence-corrected chi connectivity index (χ0v) is 11.9. The maximum Gasteiger partial charge on any atom is 0.122 e. The fourth-order valence-electron chi connectivity index (χ4n) is 2.00. The summed E-state index contributed by atoms with van der Waals surface area (Å²) in [5.74, 6) is 1.44. The molecule has 1 rings (SSSR count). The normalized spacial score (nSPS) is 13.5. The van der Waals surface area contributed by atoms with E-state index < -0.39 is 0 Å². The van der Waals surface area contributed by atoms with Crippen LogP contribution >= 0.6 is 0 Å². The monoisotopic (exact) mass is 235 g/mol. The zero-order chi connectivity index (χ0) is 13.1. The van der Waals surface area contributed by atoms with Crippen LogP contribution in [-0.4, -0.2) is 20.7 Å². The van der Waals surface area contributed by atoms with Crippen LogP contribution in [-0.2, 0) is 5.41 Å². The molecule has 0 fully saturated rings. The van der Waals surface area contributed by atoms with Crippen LogP contribution in [0.2, 0.25) is 0 Å². The molecule has 0 heterocycles. The van der Waals surface area contributed by atoms with Crippen LogP contribution in [0.4, 0.5) is 0 Å². The Morgan fingerprint density at radius 2 is 1.94 bits per heavy atom. The summed E-state index contributed by atoms with van der Waals surface area (Å²) in [5.41, 5.74) is 2.82. The van der Waals surface area contributed by atoms with Crippen molar-refractivity contribution in [2.24, 2.45) is 0 Å². The molecule has 0 aromatic heterocycles. The number of benzene rings is 1. The van der Waals surface area contributed by atoms with Crippen LogP contribution in [0.5, 0.6) is 5.75 Å². The van der Waals surface area contributed by atoms with E-state index in [4.69, 9.17) is 4.74 Å². The Balaban J connectivity index is 3.15. The van der Waals surface area contributed by atoms with Gasteiger partial charge in [0.2, 0.25) is 0 Å². The van der Waals surface area contributed by atoms with Crippen molar-refractivity contribution in [2.45, 2.75) is 39.0 Å². The predicted molar refractivity (Wildman–Crippen MR) is 74.0 cm³/mol. The van der Waals surface area contributed by atoms with Crippen LogP contribution in [0, 0.1) is 0 Å². The molecule has 0 bridgehead atoms. The minimum Gasteiger partial charge on any atom is -0.496 e. The molecule has 0 saturated carbocycles. The van der Waals surface area contributed by atoms with E-state index in [0.717, 1.165) is 12.3 Å². The molecule has 0 aliphatic rings. The third kappa shape index (κ3) is 3.47. The highest BCUT2D eigenvalue weighted by Gasteiger charge is 2.18. The maximum absolute atomic E-state index is 5.45. The first-order chi connectivity index (χ1) is 7.90. The van der Waals surface area contributed by atoms with E-state index in [0.29, 0.717) is 5.92 Å². The van der Waals surface area contributed by atoms with E-state index in [2.05, 4.69) is 51.2 Å². The van der Waals surface area contributed by atoms with Gasteiger partial charge in [0.1, 0.15) is 5.75 Å². The van der Waals surface area contributed by atoms with E-state index in [1.807, 2.05) is 7.05 Å². The van der Waals surface area contributed by atoms with Gasteiger partial charge in [0, 0.05) is 6.54 Å². The van der Waals surface area contributed by atoms with E-state index in [9.17, 15) is 0 Å². The zero-order valence-electron chi connectivity index (χ0n) is 11.9. The molecule has 17 heavy (non-hydrogen) atoms. The predicted octanol–water partition coefficient (Wildman–Crippen LogP) is 3.32. The highest BCUT2D eigenvalue weighted by molar-refractivity contribution is 5.41. The topological polar surface area (TPSA) is 21.3 Å². The van der Waals surface area contributed by atoms with Gasteiger partial charge in [-0.3, -0.25) is 0 Å². The van der Waals surface area contributed by atoms with Gasteiger partial charge in [-0.25, -0.2) is 0 Å². The van der Waals surface area contributed by atoms with Gasteiger partial charge in [0.15, 0.2) is 0 Å². The SMILES string of the molecule is CNCC(C)c1cc(C(C)(C)C)ccc1OC. The van der Waals surface area contributed by atoms with E-state index in [-0.39, 0.29) is 5.41 Å². The second-order valence-corrected chi connectivity index (χ2v) is 5.67. The van der Waals surface area contributed by atoms with Crippen molar-refractivity contribution in [1.29, 1.82) is 0 Å². The number of hydrogen-bond donors (Lipinski definition) is 1. The third-order valence-electron chi connectivity index (χ3n) is 3.14. The van der Waals surface area contributed by atoms with Crippen molar-refractivity contribution in [3.05, 3.63) is 29.3 Å². The molecule has 1 aromatic rings. The second kappa shape index (κ2) is 5.54. The standard InChI is InChI=1S/C15H25NO/c1-11(10-16-5)13-9-12(15(2,3)4)7-8-14(13)17-6/h7-9,11,16H,10H2,1-6H3. The quantitative estimate of drug-likeness (QED) is 0.864. The van der Waals surface area contributed by atoms with Crippen molar-refractivity contribution in [3.63, 3.8) is 0 Å². The summed E-state index contributed by atoms with van der Waals surface area (Å²) in [7, 11) is 3.72. The average molecular weight is 235 g/mol. The highest BCUT2D eigenvalue weighted by Crippen LogP contribution is 2.32. The molecule has 1 aromatic carbocycles. The third-order valence-corrected chi connectivity index (χ3v) is 3.14. The molecule has 1 unspecified atom stereocenters. The Hall–Kier alpha value is -1.02. The molecule has 1 N–H and O–H groups in total. The van der Waals surface area contributed by atoms with Crippen molar-refractivity contribution in [2.75, 3.05) is 20.7 Å². The average Bonchev–Trinajstić information content (AvgIpc) is 2.27. The Labute approximate surface area is 105 Å². The summed E-state index contributed by atoms with van der Waals surface area (Å²) >= 11 is 0. The summed E-state index contributed by atoms with van der Waals surface area (Å²) in [4.78, 5) is 0. The van der Waals surface area contributed by atoms with Crippen LogP contribution in [0.1, 0.15) is 44.7 Å². The second-order valence-electron chi connectivity index (χ2n) is 5.67. The fraction of sp³-hybridized carbons (Fsp3) is 0.600. The number of likely N-dealkylation sites (N-methyl/N-ethyl adjacent to an activating group) is 1. The minimum absolute atomic E-state index is 0.181. The smallest absolute Gasteiger partial charge is 0.122 e. The number of rotatable bonds is 4. The Kier molecular flexibility index (Phi) is 4.58. The molecule has 0 aliphatic heterocycles. The number of ether oxygens (including phenoxy) is 1. The summed E-state index contributed by atoms with van der Waals surface area (Å²) < 4.78 is 5.45. The summed E-state index contributed by atoms with van der Waals surface area (Å²) in [6, 6.07) is 6.53. The number of nitrogens with one attached hydrogen (secondary N) is 1. The number of methoxy groups -OCH3 is 1. The van der Waals surface area contributed by atoms with Crippen LogP contribution in [0.15, 0.2) is 18.2 Å². The molecule has 96 valence electrons. The first-order valence-corrected chi connectivity index (χ1v) is 6.23. The Morgan fingerprint density at radius 3 is 2.41 bits per heavy atom. The first-order valence-electron chi connectivity index (χ1n) is 6.23. The van der Waals surface area contributed by atoms with Crippen molar-refractivity contribution in [3.8, 4) is 5.75 Å². The van der Waals surface area contributed by atoms with Gasteiger partial charge in [-0.2, -0.15) is 0 Å². The lowest BCUT2D eigenvalue weighted by molar-refractivity contribution is 0.405. The van der Waals surface area contributed by atoms with Crippen molar-refractivity contribution < 1.29 is 4.74 Å². The molecule has 2 nitrogen and oxygen atoms in total. The molecule has 0 amide bonds. The molecular weight excluding hydrogens is 210 g/mol. The lowest BCUT2D eigenvalue weighted by Gasteiger charge is -2.23. The minimum atomic E-state index is 0.181. The molecule has 0 spiro atoms. The van der Waals surface area contributed by atoms with Crippen molar-refractivity contribution >= 4 is 0 Å². The van der Waals surface area contributed by atoms with Gasteiger partial charge in [-0.1, -0.05) is 39.8 Å². The molecular formula is C15H25NO. The Morgan fingerprint density at radius 1 is 1.29 bits per heavy atom. The highest BCUT2D eigenvalue weighted by atomic mass is 16.5. The molecule has 1 atom stereocenters. The van der Waals surface area contributed by atoms with Crippen LogP contribution < -0.4 is 10.1 Å². The summed E-state index contributed by atoms with van der Waals surface area (Å²) in [5, 5.41) is 3.22. The van der Waals surface area contributed by atoms with Gasteiger partial charge < -0.3 is 10.1 Å². The molecule has 0 aliphatic carbocycles. The lowest BCUT2D eigenvalue weighted by Crippen LogP contribution is -2.17. The number of hydrogen-bond acceptors (Lipinski definition) is 2. The van der Waals surface area contributed by atoms with Gasteiger partial charge >= 0.3 is 0 Å². The molecule has 0 saturated heterocycles. The van der Waals surface area contributed by atoms with Crippen LogP contribution in [0.25, 0.3) is 0 Å². The van der Waals surface area contributed by atoms with Gasteiger partial charge in [0.05, 0.1) is 7.11 Å². The lowest BCUT2D eigenvalue weighted by atomic mass is 9.84.